The molecule has 0 aliphatic carbocycles. The highest BCUT2D eigenvalue weighted by Gasteiger charge is 2.12. The largest absolute Gasteiger partial charge is 0.313 e. The molecule has 2 heterocycles. The number of aromatic nitrogens is 1. The first-order chi connectivity index (χ1) is 7.34. The van der Waals surface area contributed by atoms with E-state index in [1.165, 1.54) is 24.9 Å². The number of rotatable bonds is 4. The van der Waals surface area contributed by atoms with Crippen molar-refractivity contribution in [3.63, 3.8) is 0 Å². The summed E-state index contributed by atoms with van der Waals surface area (Å²) in [6.07, 6.45) is 4.44. The zero-order valence-electron chi connectivity index (χ0n) is 8.67. The quantitative estimate of drug-likeness (QED) is 0.817. The Balaban J connectivity index is 1.73. The fraction of sp³-hybridized carbons (Fsp3) is 0.545. The Bertz CT molecular complexity index is 310. The van der Waals surface area contributed by atoms with Gasteiger partial charge in [-0.3, -0.25) is 0 Å². The molecule has 3 nitrogen and oxygen atoms in total. The van der Waals surface area contributed by atoms with Crippen molar-refractivity contribution in [3.8, 4) is 0 Å². The van der Waals surface area contributed by atoms with Gasteiger partial charge in [-0.2, -0.15) is 0 Å². The maximum absolute atomic E-state index is 4.10. The molecule has 0 saturated carbocycles. The van der Waals surface area contributed by atoms with Gasteiger partial charge in [-0.25, -0.2) is 4.98 Å². The summed E-state index contributed by atoms with van der Waals surface area (Å²) in [5, 5.41) is 6.93. The van der Waals surface area contributed by atoms with Gasteiger partial charge in [0, 0.05) is 25.3 Å². The second kappa shape index (κ2) is 5.58. The number of nitrogens with zero attached hydrogens (tertiary/aromatic N) is 1. The normalized spacial score (nSPS) is 20.7. The fourth-order valence-electron chi connectivity index (χ4n) is 1.87. The van der Waals surface area contributed by atoms with Crippen LogP contribution >= 0.6 is 15.9 Å². The van der Waals surface area contributed by atoms with Crippen LogP contribution in [0.15, 0.2) is 22.9 Å². The van der Waals surface area contributed by atoms with Crippen LogP contribution in [0.25, 0.3) is 0 Å². The number of nitrogens with one attached hydrogen (secondary N) is 2. The SMILES string of the molecule is Brc1cc(CNC[C@H]2CCCN2)ccn1. The highest BCUT2D eigenvalue weighted by molar-refractivity contribution is 9.10. The van der Waals surface area contributed by atoms with Gasteiger partial charge in [-0.05, 0) is 53.0 Å². The third-order valence-electron chi connectivity index (χ3n) is 2.67. The van der Waals surface area contributed by atoms with Gasteiger partial charge in [0.25, 0.3) is 0 Å². The predicted octanol–water partition coefficient (Wildman–Crippen LogP) is 1.69. The third-order valence-corrected chi connectivity index (χ3v) is 3.11. The molecular formula is C11H16BrN3. The molecule has 0 bridgehead atoms. The molecule has 1 fully saturated rings. The van der Waals surface area contributed by atoms with E-state index in [4.69, 9.17) is 0 Å². The minimum atomic E-state index is 0.662. The Morgan fingerprint density at radius 2 is 2.53 bits per heavy atom. The van der Waals surface area contributed by atoms with Crippen molar-refractivity contribution >= 4 is 15.9 Å². The number of hydrogen-bond acceptors (Lipinski definition) is 3. The monoisotopic (exact) mass is 269 g/mol. The van der Waals surface area contributed by atoms with Gasteiger partial charge < -0.3 is 10.6 Å². The van der Waals surface area contributed by atoms with Crippen LogP contribution < -0.4 is 10.6 Å². The summed E-state index contributed by atoms with van der Waals surface area (Å²) in [5.41, 5.74) is 1.27. The molecule has 15 heavy (non-hydrogen) atoms. The fourth-order valence-corrected chi connectivity index (χ4v) is 2.29. The van der Waals surface area contributed by atoms with E-state index in [0.29, 0.717) is 6.04 Å². The molecule has 2 rings (SSSR count). The highest BCUT2D eigenvalue weighted by Crippen LogP contribution is 2.08. The van der Waals surface area contributed by atoms with E-state index in [1.54, 1.807) is 0 Å². The summed E-state index contributed by atoms with van der Waals surface area (Å²) < 4.78 is 0.904. The van der Waals surface area contributed by atoms with E-state index in [-0.39, 0.29) is 0 Å². The third kappa shape index (κ3) is 3.55. The zero-order chi connectivity index (χ0) is 10.5. The number of halogens is 1. The molecule has 0 spiro atoms. The molecule has 1 aromatic heterocycles. The van der Waals surface area contributed by atoms with Crippen LogP contribution in [-0.2, 0) is 6.54 Å². The van der Waals surface area contributed by atoms with Gasteiger partial charge in [-0.1, -0.05) is 0 Å². The van der Waals surface area contributed by atoms with Crippen LogP contribution in [0.2, 0.25) is 0 Å². The second-order valence-corrected chi connectivity index (χ2v) is 4.72. The van der Waals surface area contributed by atoms with Gasteiger partial charge in [0.1, 0.15) is 4.60 Å². The Morgan fingerprint density at radius 3 is 3.27 bits per heavy atom. The van der Waals surface area contributed by atoms with Crippen molar-refractivity contribution in [1.82, 2.24) is 15.6 Å². The summed E-state index contributed by atoms with van der Waals surface area (Å²) in [7, 11) is 0. The average molecular weight is 270 g/mol. The lowest BCUT2D eigenvalue weighted by molar-refractivity contribution is 0.535. The maximum atomic E-state index is 4.10. The smallest absolute Gasteiger partial charge is 0.106 e. The van der Waals surface area contributed by atoms with Crippen molar-refractivity contribution in [1.29, 1.82) is 0 Å². The van der Waals surface area contributed by atoms with Gasteiger partial charge in [0.15, 0.2) is 0 Å². The average Bonchev–Trinajstić information content (AvgIpc) is 2.71. The summed E-state index contributed by atoms with van der Waals surface area (Å²) in [6, 6.07) is 4.75. The van der Waals surface area contributed by atoms with Crippen molar-refractivity contribution in [2.24, 2.45) is 0 Å². The van der Waals surface area contributed by atoms with Crippen LogP contribution in [-0.4, -0.2) is 24.1 Å². The van der Waals surface area contributed by atoms with Gasteiger partial charge in [0.05, 0.1) is 0 Å². The molecular weight excluding hydrogens is 254 g/mol. The Labute approximate surface area is 98.8 Å². The molecule has 0 aromatic carbocycles. The van der Waals surface area contributed by atoms with E-state index >= 15 is 0 Å². The summed E-state index contributed by atoms with van der Waals surface area (Å²) >= 11 is 3.37. The minimum Gasteiger partial charge on any atom is -0.313 e. The van der Waals surface area contributed by atoms with Crippen molar-refractivity contribution < 1.29 is 0 Å². The number of pyridine rings is 1. The Hall–Kier alpha value is -0.450. The van der Waals surface area contributed by atoms with E-state index < -0.39 is 0 Å². The molecule has 1 atom stereocenters. The molecule has 82 valence electrons. The molecule has 0 unspecified atom stereocenters. The summed E-state index contributed by atoms with van der Waals surface area (Å²) in [5.74, 6) is 0. The zero-order valence-corrected chi connectivity index (χ0v) is 10.3. The van der Waals surface area contributed by atoms with Crippen molar-refractivity contribution in [2.45, 2.75) is 25.4 Å². The van der Waals surface area contributed by atoms with E-state index in [0.717, 1.165) is 17.7 Å². The van der Waals surface area contributed by atoms with E-state index in [2.05, 4.69) is 37.6 Å². The molecule has 1 aliphatic heterocycles. The lowest BCUT2D eigenvalue weighted by Crippen LogP contribution is -2.33. The molecule has 0 radical (unpaired) electrons. The topological polar surface area (TPSA) is 37.0 Å². The van der Waals surface area contributed by atoms with Crippen LogP contribution in [0.1, 0.15) is 18.4 Å². The van der Waals surface area contributed by atoms with Gasteiger partial charge >= 0.3 is 0 Å². The van der Waals surface area contributed by atoms with Crippen LogP contribution in [0.3, 0.4) is 0 Å². The molecule has 1 aromatic rings. The minimum absolute atomic E-state index is 0.662. The Kier molecular flexibility index (Phi) is 4.11. The molecule has 1 aliphatic rings. The first-order valence-corrected chi connectivity index (χ1v) is 6.18. The number of hydrogen-bond donors (Lipinski definition) is 2. The molecule has 0 amide bonds. The molecule has 4 heteroatoms. The first kappa shape index (κ1) is 11.0. The summed E-state index contributed by atoms with van der Waals surface area (Å²) in [6.45, 7) is 3.15. The molecule has 2 N–H and O–H groups in total. The predicted molar refractivity (Wildman–Crippen MR) is 64.7 cm³/mol. The lowest BCUT2D eigenvalue weighted by Gasteiger charge is -2.11. The van der Waals surface area contributed by atoms with Crippen molar-refractivity contribution in [3.05, 3.63) is 28.5 Å². The first-order valence-electron chi connectivity index (χ1n) is 5.39. The standard InChI is InChI=1S/C11H16BrN3/c12-11-6-9(3-5-15-11)7-13-8-10-2-1-4-14-10/h3,5-6,10,13-14H,1-2,4,7-8H2/t10-/m1/s1. The Morgan fingerprint density at radius 1 is 1.60 bits per heavy atom. The summed E-state index contributed by atoms with van der Waals surface area (Å²) in [4.78, 5) is 4.10. The highest BCUT2D eigenvalue weighted by atomic mass is 79.9. The van der Waals surface area contributed by atoms with Crippen LogP contribution in [0.5, 0.6) is 0 Å². The van der Waals surface area contributed by atoms with Crippen molar-refractivity contribution in [2.75, 3.05) is 13.1 Å². The van der Waals surface area contributed by atoms with Crippen LogP contribution in [0.4, 0.5) is 0 Å². The lowest BCUT2D eigenvalue weighted by atomic mass is 10.2. The second-order valence-electron chi connectivity index (χ2n) is 3.91. The van der Waals surface area contributed by atoms with Gasteiger partial charge in [0.2, 0.25) is 0 Å². The molecule has 1 saturated heterocycles. The maximum Gasteiger partial charge on any atom is 0.106 e. The van der Waals surface area contributed by atoms with Gasteiger partial charge in [-0.15, -0.1) is 0 Å². The van der Waals surface area contributed by atoms with E-state index in [1.807, 2.05) is 12.3 Å². The van der Waals surface area contributed by atoms with Crippen LogP contribution in [0, 0.1) is 0 Å². The van der Waals surface area contributed by atoms with E-state index in [9.17, 15) is 0 Å².